The first kappa shape index (κ1) is 16.4. The molecular weight excluding hydrogens is 379 g/mol. The highest BCUT2D eigenvalue weighted by Gasteiger charge is 2.26. The summed E-state index contributed by atoms with van der Waals surface area (Å²) in [6.07, 6.45) is 0.716. The van der Waals surface area contributed by atoms with Gasteiger partial charge in [0.2, 0.25) is 0 Å². The fraction of sp³-hybridized carbons (Fsp3) is 0.176. The van der Waals surface area contributed by atoms with Gasteiger partial charge in [-0.25, -0.2) is 4.39 Å². The molecule has 1 N–H and O–H groups in total. The molecule has 2 heterocycles. The quantitative estimate of drug-likeness (QED) is 0.667. The lowest BCUT2D eigenvalue weighted by molar-refractivity contribution is 0.111. The van der Waals surface area contributed by atoms with Crippen molar-refractivity contribution in [2.45, 2.75) is 20.8 Å². The standard InChI is InChI=1S/C17H14BrFN2O3/c1-8-14(7-22)21(16-9(2)20-24-10(16)3)17(15(8)18)12-5-4-11(23)6-13(12)19/h4-7,23H,1-3H3. The molecule has 0 spiro atoms. The zero-order valence-corrected chi connectivity index (χ0v) is 14.8. The highest BCUT2D eigenvalue weighted by molar-refractivity contribution is 9.10. The molecule has 3 aromatic rings. The van der Waals surface area contributed by atoms with E-state index in [4.69, 9.17) is 4.52 Å². The van der Waals surface area contributed by atoms with Crippen molar-refractivity contribution in [1.29, 1.82) is 0 Å². The van der Waals surface area contributed by atoms with Gasteiger partial charge in [0.1, 0.15) is 22.9 Å². The van der Waals surface area contributed by atoms with E-state index in [2.05, 4.69) is 21.1 Å². The molecular formula is C17H14BrFN2O3. The van der Waals surface area contributed by atoms with Crippen molar-refractivity contribution in [3.05, 3.63) is 51.2 Å². The molecule has 0 saturated carbocycles. The van der Waals surface area contributed by atoms with Crippen LogP contribution in [0.2, 0.25) is 0 Å². The van der Waals surface area contributed by atoms with Gasteiger partial charge in [-0.3, -0.25) is 4.79 Å². The van der Waals surface area contributed by atoms with Crippen LogP contribution in [0.15, 0.2) is 27.2 Å². The molecule has 0 aliphatic carbocycles. The summed E-state index contributed by atoms with van der Waals surface area (Å²) in [6.45, 7) is 5.25. The molecule has 1 aromatic carbocycles. The number of phenolic OH excluding ortho intramolecular Hbond substituents is 1. The molecule has 124 valence electrons. The lowest BCUT2D eigenvalue weighted by Crippen LogP contribution is -2.05. The van der Waals surface area contributed by atoms with Crippen LogP contribution >= 0.6 is 15.9 Å². The Morgan fingerprint density at radius 1 is 1.33 bits per heavy atom. The SMILES string of the molecule is Cc1noc(C)c1-n1c(C=O)c(C)c(Br)c1-c1ccc(O)cc1F. The highest BCUT2D eigenvalue weighted by atomic mass is 79.9. The van der Waals surface area contributed by atoms with Crippen molar-refractivity contribution >= 4 is 22.2 Å². The topological polar surface area (TPSA) is 68.3 Å². The van der Waals surface area contributed by atoms with Gasteiger partial charge in [0.05, 0.1) is 11.4 Å². The smallest absolute Gasteiger partial charge is 0.167 e. The number of hydrogen-bond acceptors (Lipinski definition) is 4. The molecule has 0 fully saturated rings. The average molecular weight is 393 g/mol. The van der Waals surface area contributed by atoms with Crippen molar-refractivity contribution in [1.82, 2.24) is 9.72 Å². The minimum absolute atomic E-state index is 0.171. The van der Waals surface area contributed by atoms with Crippen molar-refractivity contribution in [3.63, 3.8) is 0 Å². The fourth-order valence-electron chi connectivity index (χ4n) is 2.78. The Hall–Kier alpha value is -2.41. The van der Waals surface area contributed by atoms with E-state index in [1.807, 2.05) is 0 Å². The van der Waals surface area contributed by atoms with Crippen LogP contribution in [0.1, 0.15) is 27.5 Å². The normalized spacial score (nSPS) is 11.0. The van der Waals surface area contributed by atoms with Crippen LogP contribution in [0.25, 0.3) is 16.9 Å². The molecule has 2 aromatic heterocycles. The maximum atomic E-state index is 14.5. The zero-order valence-electron chi connectivity index (χ0n) is 13.2. The summed E-state index contributed by atoms with van der Waals surface area (Å²) in [5, 5.41) is 13.4. The minimum Gasteiger partial charge on any atom is -0.508 e. The molecule has 0 bridgehead atoms. The Morgan fingerprint density at radius 3 is 2.58 bits per heavy atom. The third kappa shape index (κ3) is 2.36. The monoisotopic (exact) mass is 392 g/mol. The summed E-state index contributed by atoms with van der Waals surface area (Å²) in [5.74, 6) is -0.257. The van der Waals surface area contributed by atoms with Crippen LogP contribution < -0.4 is 0 Å². The minimum atomic E-state index is -0.598. The summed E-state index contributed by atoms with van der Waals surface area (Å²) < 4.78 is 21.9. The summed E-state index contributed by atoms with van der Waals surface area (Å²) in [7, 11) is 0. The second-order valence-corrected chi connectivity index (χ2v) is 6.26. The van der Waals surface area contributed by atoms with E-state index in [0.717, 1.165) is 6.07 Å². The molecule has 0 radical (unpaired) electrons. The first-order chi connectivity index (χ1) is 11.4. The van der Waals surface area contributed by atoms with E-state index in [-0.39, 0.29) is 11.3 Å². The first-order valence-corrected chi connectivity index (χ1v) is 7.94. The second kappa shape index (κ2) is 5.90. The zero-order chi connectivity index (χ0) is 17.6. The maximum absolute atomic E-state index is 14.5. The number of aromatic nitrogens is 2. The Morgan fingerprint density at radius 2 is 2.04 bits per heavy atom. The number of aldehydes is 1. The van der Waals surface area contributed by atoms with Crippen LogP contribution in [0.4, 0.5) is 4.39 Å². The number of carbonyl (C=O) groups excluding carboxylic acids is 1. The second-order valence-electron chi connectivity index (χ2n) is 5.46. The number of benzene rings is 1. The molecule has 0 aliphatic heterocycles. The van der Waals surface area contributed by atoms with Gasteiger partial charge < -0.3 is 14.2 Å². The Bertz CT molecular complexity index is 940. The third-order valence-electron chi connectivity index (χ3n) is 3.92. The van der Waals surface area contributed by atoms with Gasteiger partial charge in [-0.2, -0.15) is 0 Å². The van der Waals surface area contributed by atoms with E-state index < -0.39 is 5.82 Å². The molecule has 0 saturated heterocycles. The predicted molar refractivity (Wildman–Crippen MR) is 90.2 cm³/mol. The molecule has 0 amide bonds. The maximum Gasteiger partial charge on any atom is 0.167 e. The van der Waals surface area contributed by atoms with E-state index in [1.165, 1.54) is 12.1 Å². The van der Waals surface area contributed by atoms with Crippen molar-refractivity contribution < 1.29 is 18.8 Å². The number of phenols is 1. The van der Waals surface area contributed by atoms with Gasteiger partial charge in [0.25, 0.3) is 0 Å². The van der Waals surface area contributed by atoms with Gasteiger partial charge >= 0.3 is 0 Å². The molecule has 7 heteroatoms. The highest BCUT2D eigenvalue weighted by Crippen LogP contribution is 2.40. The van der Waals surface area contributed by atoms with E-state index in [1.54, 1.807) is 25.3 Å². The average Bonchev–Trinajstić information content (AvgIpc) is 2.97. The third-order valence-corrected chi connectivity index (χ3v) is 4.89. The summed E-state index contributed by atoms with van der Waals surface area (Å²) in [5.41, 5.74) is 2.93. The van der Waals surface area contributed by atoms with Crippen LogP contribution in [-0.4, -0.2) is 21.1 Å². The van der Waals surface area contributed by atoms with E-state index >= 15 is 0 Å². The van der Waals surface area contributed by atoms with Crippen molar-refractivity contribution in [2.75, 3.05) is 0 Å². The van der Waals surface area contributed by atoms with Crippen LogP contribution in [0, 0.1) is 26.6 Å². The number of rotatable bonds is 3. The molecule has 5 nitrogen and oxygen atoms in total. The van der Waals surface area contributed by atoms with Crippen molar-refractivity contribution in [2.24, 2.45) is 0 Å². The Labute approximate surface area is 145 Å². The molecule has 0 atom stereocenters. The van der Waals surface area contributed by atoms with Gasteiger partial charge in [-0.15, -0.1) is 0 Å². The number of hydrogen-bond donors (Lipinski definition) is 1. The number of aromatic hydroxyl groups is 1. The number of halogens is 2. The van der Waals surface area contributed by atoms with E-state index in [9.17, 15) is 14.3 Å². The van der Waals surface area contributed by atoms with Gasteiger partial charge in [-0.1, -0.05) is 5.16 Å². The van der Waals surface area contributed by atoms with Crippen LogP contribution in [0.5, 0.6) is 5.75 Å². The van der Waals surface area contributed by atoms with E-state index in [0.29, 0.717) is 44.9 Å². The molecule has 0 unspecified atom stereocenters. The Kier molecular flexibility index (Phi) is 4.04. The fourth-order valence-corrected chi connectivity index (χ4v) is 3.38. The lowest BCUT2D eigenvalue weighted by Gasteiger charge is -2.12. The number of nitrogens with zero attached hydrogens (tertiary/aromatic N) is 2. The largest absolute Gasteiger partial charge is 0.508 e. The van der Waals surface area contributed by atoms with Crippen LogP contribution in [-0.2, 0) is 0 Å². The lowest BCUT2D eigenvalue weighted by atomic mass is 10.1. The Balaban J connectivity index is 2.45. The summed E-state index contributed by atoms with van der Waals surface area (Å²) >= 11 is 3.46. The first-order valence-electron chi connectivity index (χ1n) is 7.15. The predicted octanol–water partition coefficient (Wildman–Crippen LogP) is 4.48. The van der Waals surface area contributed by atoms with Crippen molar-refractivity contribution in [3.8, 4) is 22.7 Å². The van der Waals surface area contributed by atoms with Gasteiger partial charge in [-0.05, 0) is 54.4 Å². The molecule has 24 heavy (non-hydrogen) atoms. The van der Waals surface area contributed by atoms with Gasteiger partial charge in [0, 0.05) is 16.1 Å². The van der Waals surface area contributed by atoms with Gasteiger partial charge in [0.15, 0.2) is 12.0 Å². The summed E-state index contributed by atoms with van der Waals surface area (Å²) in [4.78, 5) is 11.7. The summed E-state index contributed by atoms with van der Waals surface area (Å²) in [6, 6.07) is 3.89. The van der Waals surface area contributed by atoms with Crippen LogP contribution in [0.3, 0.4) is 0 Å². The molecule has 3 rings (SSSR count). The molecule has 0 aliphatic rings. The number of aryl methyl sites for hydroxylation is 2. The number of carbonyl (C=O) groups is 1.